The van der Waals surface area contributed by atoms with E-state index in [1.807, 2.05) is 36.7 Å². The summed E-state index contributed by atoms with van der Waals surface area (Å²) in [6, 6.07) is 13.9. The first-order chi connectivity index (χ1) is 15.3. The monoisotopic (exact) mass is 515 g/mol. The lowest BCUT2D eigenvalue weighted by Gasteiger charge is -2.07. The molecule has 4 rings (SSSR count). The Morgan fingerprint density at radius 3 is 2.53 bits per heavy atom. The van der Waals surface area contributed by atoms with Gasteiger partial charge in [0.2, 0.25) is 0 Å². The van der Waals surface area contributed by atoms with Crippen molar-refractivity contribution in [2.45, 2.75) is 26.9 Å². The van der Waals surface area contributed by atoms with Crippen molar-refractivity contribution >= 4 is 39.3 Å². The Kier molecular flexibility index (Phi) is 6.43. The molecule has 1 amide bonds. The van der Waals surface area contributed by atoms with Crippen LogP contribution in [0.2, 0.25) is 5.02 Å². The first-order valence-corrected chi connectivity index (χ1v) is 11.0. The number of benzene rings is 2. The first-order valence-electron chi connectivity index (χ1n) is 9.87. The molecule has 0 aliphatic rings. The van der Waals surface area contributed by atoms with E-state index in [-0.39, 0.29) is 12.5 Å². The van der Waals surface area contributed by atoms with Gasteiger partial charge in [-0.15, -0.1) is 0 Å². The average molecular weight is 517 g/mol. The highest BCUT2D eigenvalue weighted by atomic mass is 79.9. The number of carbonyl (C=O) groups is 1. The van der Waals surface area contributed by atoms with Gasteiger partial charge >= 0.3 is 0 Å². The van der Waals surface area contributed by atoms with E-state index in [9.17, 15) is 9.18 Å². The van der Waals surface area contributed by atoms with Gasteiger partial charge in [-0.25, -0.2) is 4.39 Å². The van der Waals surface area contributed by atoms with Gasteiger partial charge in [-0.2, -0.15) is 10.2 Å². The van der Waals surface area contributed by atoms with E-state index in [2.05, 4.69) is 31.4 Å². The van der Waals surface area contributed by atoms with Crippen LogP contribution in [0.15, 0.2) is 59.2 Å². The molecule has 1 N–H and O–H groups in total. The number of aryl methyl sites for hydroxylation is 2. The van der Waals surface area contributed by atoms with Gasteiger partial charge in [0.05, 0.1) is 23.3 Å². The van der Waals surface area contributed by atoms with Crippen LogP contribution in [-0.4, -0.2) is 25.5 Å². The van der Waals surface area contributed by atoms with Crippen LogP contribution in [0.5, 0.6) is 0 Å². The van der Waals surface area contributed by atoms with E-state index >= 15 is 0 Å². The van der Waals surface area contributed by atoms with Crippen LogP contribution in [0.4, 0.5) is 10.2 Å². The van der Waals surface area contributed by atoms with E-state index in [1.54, 1.807) is 30.5 Å². The van der Waals surface area contributed by atoms with E-state index in [0.29, 0.717) is 33.0 Å². The molecule has 9 heteroatoms. The first kappa shape index (κ1) is 22.2. The normalized spacial score (nSPS) is 11.0. The molecular weight excluding hydrogens is 497 g/mol. The highest BCUT2D eigenvalue weighted by Gasteiger charge is 2.14. The summed E-state index contributed by atoms with van der Waals surface area (Å²) in [4.78, 5) is 12.7. The van der Waals surface area contributed by atoms with Crippen molar-refractivity contribution in [1.29, 1.82) is 0 Å². The van der Waals surface area contributed by atoms with Crippen LogP contribution in [0, 0.1) is 19.7 Å². The molecule has 4 aromatic rings. The molecule has 0 atom stereocenters. The summed E-state index contributed by atoms with van der Waals surface area (Å²) in [5, 5.41) is 11.9. The van der Waals surface area contributed by atoms with Crippen molar-refractivity contribution in [2.24, 2.45) is 0 Å². The zero-order valence-corrected chi connectivity index (χ0v) is 19.8. The molecule has 32 heavy (non-hydrogen) atoms. The number of nitrogens with zero attached hydrogens (tertiary/aromatic N) is 4. The average Bonchev–Trinajstić information content (AvgIpc) is 3.25. The van der Waals surface area contributed by atoms with E-state index in [4.69, 9.17) is 11.6 Å². The molecule has 2 aromatic carbocycles. The number of halogens is 3. The third-order valence-corrected chi connectivity index (χ3v) is 5.92. The molecule has 6 nitrogen and oxygen atoms in total. The number of hydrogen-bond acceptors (Lipinski definition) is 3. The van der Waals surface area contributed by atoms with Gasteiger partial charge in [0, 0.05) is 28.0 Å². The van der Waals surface area contributed by atoms with E-state index < -0.39 is 5.82 Å². The molecule has 2 aromatic heterocycles. The van der Waals surface area contributed by atoms with Crippen LogP contribution < -0.4 is 5.32 Å². The predicted octanol–water partition coefficient (Wildman–Crippen LogP) is 5.60. The van der Waals surface area contributed by atoms with Gasteiger partial charge in [0.25, 0.3) is 5.91 Å². The Morgan fingerprint density at radius 2 is 1.88 bits per heavy atom. The maximum atomic E-state index is 14.1. The summed E-state index contributed by atoms with van der Waals surface area (Å²) in [7, 11) is 0. The minimum Gasteiger partial charge on any atom is -0.304 e. The summed E-state index contributed by atoms with van der Waals surface area (Å²) >= 11 is 9.49. The Labute approximate surface area is 198 Å². The number of carbonyl (C=O) groups excluding carboxylic acids is 1. The molecule has 0 saturated heterocycles. The highest BCUT2D eigenvalue weighted by Crippen LogP contribution is 2.24. The second kappa shape index (κ2) is 9.26. The zero-order chi connectivity index (χ0) is 22.8. The maximum absolute atomic E-state index is 14.1. The van der Waals surface area contributed by atoms with Gasteiger partial charge in [0.15, 0.2) is 5.82 Å². The highest BCUT2D eigenvalue weighted by molar-refractivity contribution is 9.10. The maximum Gasteiger partial charge on any atom is 0.256 e. The third kappa shape index (κ3) is 4.92. The molecule has 0 bridgehead atoms. The standard InChI is InChI=1S/C23H20BrClFN5O/c1-14-10-15(2)31(28-14)11-16-6-8-17(9-7-16)23(32)27-22-19(24)13-30(29-22)12-18-20(25)4-3-5-21(18)26/h3-10,13H,11-12H2,1-2H3,(H,27,29,32). The van der Waals surface area contributed by atoms with Crippen molar-refractivity contribution in [3.05, 3.63) is 98.1 Å². The van der Waals surface area contributed by atoms with Crippen molar-refractivity contribution in [3.63, 3.8) is 0 Å². The number of anilines is 1. The fourth-order valence-corrected chi connectivity index (χ4v) is 3.99. The minimum atomic E-state index is -0.407. The van der Waals surface area contributed by atoms with Crippen molar-refractivity contribution in [1.82, 2.24) is 19.6 Å². The second-order valence-corrected chi connectivity index (χ2v) is 8.72. The second-order valence-electron chi connectivity index (χ2n) is 7.46. The summed E-state index contributed by atoms with van der Waals surface area (Å²) < 4.78 is 18.1. The van der Waals surface area contributed by atoms with Gasteiger partial charge in [0.1, 0.15) is 5.82 Å². The van der Waals surface area contributed by atoms with Crippen molar-refractivity contribution in [2.75, 3.05) is 5.32 Å². The topological polar surface area (TPSA) is 64.7 Å². The molecule has 0 spiro atoms. The quantitative estimate of drug-likeness (QED) is 0.363. The Hall–Kier alpha value is -2.97. The lowest BCUT2D eigenvalue weighted by molar-refractivity contribution is 0.102. The third-order valence-electron chi connectivity index (χ3n) is 4.98. The molecule has 164 valence electrons. The summed E-state index contributed by atoms with van der Waals surface area (Å²) in [6.45, 7) is 4.75. The zero-order valence-electron chi connectivity index (χ0n) is 17.4. The van der Waals surface area contributed by atoms with Gasteiger partial charge < -0.3 is 5.32 Å². The van der Waals surface area contributed by atoms with Crippen LogP contribution >= 0.6 is 27.5 Å². The number of rotatable bonds is 6. The van der Waals surface area contributed by atoms with E-state index in [0.717, 1.165) is 17.0 Å². The summed E-state index contributed by atoms with van der Waals surface area (Å²) in [5.74, 6) is -0.359. The van der Waals surface area contributed by atoms with Crippen LogP contribution in [0.3, 0.4) is 0 Å². The molecule has 0 saturated carbocycles. The smallest absolute Gasteiger partial charge is 0.256 e. The molecule has 0 aliphatic carbocycles. The lowest BCUT2D eigenvalue weighted by Crippen LogP contribution is -2.13. The van der Waals surface area contributed by atoms with Crippen LogP contribution in [0.25, 0.3) is 0 Å². The van der Waals surface area contributed by atoms with Crippen molar-refractivity contribution in [3.8, 4) is 0 Å². The summed E-state index contributed by atoms with van der Waals surface area (Å²) in [6.07, 6.45) is 1.66. The fourth-order valence-electron chi connectivity index (χ4n) is 3.36. The predicted molar refractivity (Wildman–Crippen MR) is 126 cm³/mol. The largest absolute Gasteiger partial charge is 0.304 e. The van der Waals surface area contributed by atoms with Gasteiger partial charge in [-0.05, 0) is 65.7 Å². The van der Waals surface area contributed by atoms with Gasteiger partial charge in [-0.1, -0.05) is 29.8 Å². The molecule has 2 heterocycles. The molecule has 0 radical (unpaired) electrons. The fraction of sp³-hybridized carbons (Fsp3) is 0.174. The molecular formula is C23H20BrClFN5O. The van der Waals surface area contributed by atoms with Crippen LogP contribution in [0.1, 0.15) is 32.9 Å². The number of hydrogen-bond donors (Lipinski definition) is 1. The Morgan fingerprint density at radius 1 is 1.12 bits per heavy atom. The Balaban J connectivity index is 1.44. The SMILES string of the molecule is Cc1cc(C)n(Cc2ccc(C(=O)Nc3nn(Cc4c(F)cccc4Cl)cc3Br)cc2)n1. The van der Waals surface area contributed by atoms with E-state index in [1.165, 1.54) is 10.7 Å². The molecule has 0 unspecified atom stereocenters. The van der Waals surface area contributed by atoms with Crippen LogP contribution in [-0.2, 0) is 13.1 Å². The Bertz CT molecular complexity index is 1260. The number of nitrogens with one attached hydrogen (secondary N) is 1. The molecule has 0 aliphatic heterocycles. The minimum absolute atomic E-state index is 0.140. The molecule has 0 fully saturated rings. The number of amides is 1. The number of aromatic nitrogens is 4. The lowest BCUT2D eigenvalue weighted by atomic mass is 10.1. The summed E-state index contributed by atoms with van der Waals surface area (Å²) in [5.41, 5.74) is 3.93. The van der Waals surface area contributed by atoms with Gasteiger partial charge in [-0.3, -0.25) is 14.2 Å². The van der Waals surface area contributed by atoms with Crippen molar-refractivity contribution < 1.29 is 9.18 Å².